The molecule has 106 valence electrons. The summed E-state index contributed by atoms with van der Waals surface area (Å²) >= 11 is 0. The second-order valence-corrected chi connectivity index (χ2v) is 4.74. The van der Waals surface area contributed by atoms with E-state index < -0.39 is 12.4 Å². The lowest BCUT2D eigenvalue weighted by Crippen LogP contribution is -2.34. The molecule has 1 heterocycles. The molecule has 0 radical (unpaired) electrons. The Morgan fingerprint density at radius 3 is 2.45 bits per heavy atom. The molecule has 0 aliphatic carbocycles. The molecule has 0 aliphatic rings. The minimum Gasteiger partial charge on any atom is -0.487 e. The number of rotatable bonds is 4. The highest BCUT2D eigenvalue weighted by atomic mass is 19.4. The summed E-state index contributed by atoms with van der Waals surface area (Å²) in [5, 5.41) is 0. The summed E-state index contributed by atoms with van der Waals surface area (Å²) in [6, 6.07) is 6.79. The summed E-state index contributed by atoms with van der Waals surface area (Å²) in [5.74, 6) is 0.125. The molecule has 2 aromatic rings. The first-order chi connectivity index (χ1) is 9.36. The van der Waals surface area contributed by atoms with Crippen LogP contribution in [0.1, 0.15) is 16.7 Å². The van der Waals surface area contributed by atoms with Crippen LogP contribution in [0.2, 0.25) is 0 Å². The fourth-order valence-electron chi connectivity index (χ4n) is 1.75. The van der Waals surface area contributed by atoms with E-state index in [-0.39, 0.29) is 12.4 Å². The average Bonchev–Trinajstić information content (AvgIpc) is 2.39. The molecular formula is C14H14BF3NO-. The van der Waals surface area contributed by atoms with Gasteiger partial charge in [0.25, 0.3) is 0 Å². The molecule has 0 spiro atoms. The van der Waals surface area contributed by atoms with E-state index in [1.807, 2.05) is 32.0 Å². The molecule has 20 heavy (non-hydrogen) atoms. The van der Waals surface area contributed by atoms with Crippen LogP contribution in [-0.4, -0.2) is 12.0 Å². The maximum absolute atomic E-state index is 12.6. The van der Waals surface area contributed by atoms with E-state index in [1.54, 1.807) is 0 Å². The highest BCUT2D eigenvalue weighted by Crippen LogP contribution is 2.16. The van der Waals surface area contributed by atoms with Crippen molar-refractivity contribution in [2.75, 3.05) is 0 Å². The van der Waals surface area contributed by atoms with E-state index in [9.17, 15) is 12.9 Å². The minimum absolute atomic E-state index is 0.125. The first-order valence-corrected chi connectivity index (χ1v) is 6.20. The molecule has 1 aromatic heterocycles. The zero-order chi connectivity index (χ0) is 14.8. The van der Waals surface area contributed by atoms with Crippen molar-refractivity contribution in [2.45, 2.75) is 20.5 Å². The maximum Gasteiger partial charge on any atom is 0.511 e. The van der Waals surface area contributed by atoms with Gasteiger partial charge in [-0.15, -0.1) is 0 Å². The normalized spacial score (nSPS) is 11.4. The topological polar surface area (TPSA) is 22.1 Å². The van der Waals surface area contributed by atoms with Crippen LogP contribution in [0, 0.1) is 13.8 Å². The van der Waals surface area contributed by atoms with Gasteiger partial charge in [0.15, 0.2) is 0 Å². The summed E-state index contributed by atoms with van der Waals surface area (Å²) in [5.41, 5.74) is 2.45. The largest absolute Gasteiger partial charge is 0.511 e. The molecule has 0 unspecified atom stereocenters. The van der Waals surface area contributed by atoms with Gasteiger partial charge in [0.2, 0.25) is 0 Å². The smallest absolute Gasteiger partial charge is 0.487 e. The zero-order valence-corrected chi connectivity index (χ0v) is 11.2. The monoisotopic (exact) mass is 280 g/mol. The highest BCUT2D eigenvalue weighted by Gasteiger charge is 2.26. The van der Waals surface area contributed by atoms with Crippen LogP contribution in [0.3, 0.4) is 0 Å². The lowest BCUT2D eigenvalue weighted by Gasteiger charge is -2.15. The molecule has 1 aromatic carbocycles. The number of halogens is 3. The van der Waals surface area contributed by atoms with Crippen molar-refractivity contribution in [3.8, 4) is 5.75 Å². The molecular weight excluding hydrogens is 266 g/mol. The number of nitrogens with zero attached hydrogens (tertiary/aromatic N) is 1. The Labute approximate surface area is 115 Å². The molecule has 0 saturated heterocycles. The molecule has 6 heteroatoms. The second-order valence-electron chi connectivity index (χ2n) is 4.74. The summed E-state index contributed by atoms with van der Waals surface area (Å²) in [6.45, 7) is -0.852. The molecule has 2 rings (SSSR count). The highest BCUT2D eigenvalue weighted by molar-refractivity contribution is 6.73. The second kappa shape index (κ2) is 5.57. The molecule has 0 amide bonds. The number of pyridine rings is 1. The van der Waals surface area contributed by atoms with Gasteiger partial charge in [-0.25, -0.2) is 0 Å². The van der Waals surface area contributed by atoms with Crippen LogP contribution in [0.15, 0.2) is 36.7 Å². The molecule has 0 fully saturated rings. The van der Waals surface area contributed by atoms with Crippen LogP contribution in [-0.2, 0) is 6.61 Å². The standard InChI is InChI=1S/C14H14BF3NO/c1-10-3-4-12(5-11(10)2)9-20-14-6-13(7-19-8-14)15(16,17)18/h3-8H,9H2,1-2H3/q-1. The molecule has 0 atom stereocenters. The molecule has 0 saturated carbocycles. The van der Waals surface area contributed by atoms with Crippen molar-refractivity contribution in [3.63, 3.8) is 0 Å². The molecule has 0 aliphatic heterocycles. The Balaban J connectivity index is 2.09. The Bertz CT molecular complexity index is 614. The van der Waals surface area contributed by atoms with Gasteiger partial charge in [0, 0.05) is 6.20 Å². The van der Waals surface area contributed by atoms with E-state index in [4.69, 9.17) is 4.74 Å². The van der Waals surface area contributed by atoms with Gasteiger partial charge in [-0.2, -0.15) is 0 Å². The first kappa shape index (κ1) is 14.4. The fourth-order valence-corrected chi connectivity index (χ4v) is 1.75. The lowest BCUT2D eigenvalue weighted by atomic mass is 9.81. The average molecular weight is 280 g/mol. The number of benzene rings is 1. The predicted molar refractivity (Wildman–Crippen MR) is 73.2 cm³/mol. The van der Waals surface area contributed by atoms with E-state index >= 15 is 0 Å². The van der Waals surface area contributed by atoms with Crippen LogP contribution >= 0.6 is 0 Å². The van der Waals surface area contributed by atoms with Crippen molar-refractivity contribution in [1.29, 1.82) is 0 Å². The fraction of sp³-hybridized carbons (Fsp3) is 0.214. The third-order valence-electron chi connectivity index (χ3n) is 3.09. The number of aryl methyl sites for hydroxylation is 2. The SMILES string of the molecule is Cc1ccc(COc2cncc([B-](F)(F)F)c2)cc1C. The van der Waals surface area contributed by atoms with Crippen molar-refractivity contribution in [1.82, 2.24) is 4.98 Å². The van der Waals surface area contributed by atoms with Crippen molar-refractivity contribution >= 4 is 12.4 Å². The first-order valence-electron chi connectivity index (χ1n) is 6.20. The van der Waals surface area contributed by atoms with Crippen LogP contribution < -0.4 is 10.2 Å². The Kier molecular flexibility index (Phi) is 4.02. The quantitative estimate of drug-likeness (QED) is 0.801. The Hall–Kier alpha value is -1.98. The molecule has 0 bridgehead atoms. The third-order valence-corrected chi connectivity index (χ3v) is 3.09. The number of ether oxygens (including phenoxy) is 1. The summed E-state index contributed by atoms with van der Waals surface area (Å²) in [6.07, 6.45) is 2.09. The molecule has 2 nitrogen and oxygen atoms in total. The number of aromatic nitrogens is 1. The number of hydrogen-bond donors (Lipinski definition) is 0. The van der Waals surface area contributed by atoms with Crippen LogP contribution in [0.5, 0.6) is 5.75 Å². The van der Waals surface area contributed by atoms with Gasteiger partial charge < -0.3 is 17.7 Å². The van der Waals surface area contributed by atoms with Crippen molar-refractivity contribution < 1.29 is 17.7 Å². The van der Waals surface area contributed by atoms with E-state index in [2.05, 4.69) is 4.98 Å². The van der Waals surface area contributed by atoms with Gasteiger partial charge in [-0.3, -0.25) is 4.98 Å². The van der Waals surface area contributed by atoms with Crippen molar-refractivity contribution in [2.24, 2.45) is 0 Å². The predicted octanol–water partition coefficient (Wildman–Crippen LogP) is 3.33. The summed E-state index contributed by atoms with van der Waals surface area (Å²) < 4.78 is 43.2. The van der Waals surface area contributed by atoms with Gasteiger partial charge in [0.05, 0.1) is 6.20 Å². The van der Waals surface area contributed by atoms with Gasteiger partial charge in [-0.05, 0) is 36.6 Å². The van der Waals surface area contributed by atoms with Crippen LogP contribution in [0.25, 0.3) is 0 Å². The Morgan fingerprint density at radius 2 is 1.80 bits per heavy atom. The zero-order valence-electron chi connectivity index (χ0n) is 11.2. The van der Waals surface area contributed by atoms with Gasteiger partial charge in [0.1, 0.15) is 12.4 Å². The summed E-state index contributed by atoms with van der Waals surface area (Å²) in [7, 11) is 0. The Morgan fingerprint density at radius 1 is 1.05 bits per heavy atom. The van der Waals surface area contributed by atoms with E-state index in [0.717, 1.165) is 29.0 Å². The summed E-state index contributed by atoms with van der Waals surface area (Å²) in [4.78, 5) is 3.57. The van der Waals surface area contributed by atoms with E-state index in [0.29, 0.717) is 0 Å². The van der Waals surface area contributed by atoms with E-state index in [1.165, 1.54) is 6.20 Å². The van der Waals surface area contributed by atoms with Crippen LogP contribution in [0.4, 0.5) is 12.9 Å². The lowest BCUT2D eigenvalue weighted by molar-refractivity contribution is 0.305. The maximum atomic E-state index is 12.6. The number of hydrogen-bond acceptors (Lipinski definition) is 2. The van der Waals surface area contributed by atoms with Gasteiger partial charge >= 0.3 is 6.98 Å². The van der Waals surface area contributed by atoms with Crippen molar-refractivity contribution in [3.05, 3.63) is 53.3 Å². The minimum atomic E-state index is -5.05. The molecule has 0 N–H and O–H groups in total. The van der Waals surface area contributed by atoms with Gasteiger partial charge in [-0.1, -0.05) is 23.7 Å². The third kappa shape index (κ3) is 3.53.